The van der Waals surface area contributed by atoms with Gasteiger partial charge in [-0.2, -0.15) is 0 Å². The zero-order valence-electron chi connectivity index (χ0n) is 12.9. The van der Waals surface area contributed by atoms with Crippen molar-refractivity contribution in [3.8, 4) is 0 Å². The summed E-state index contributed by atoms with van der Waals surface area (Å²) in [5, 5.41) is 14.8. The lowest BCUT2D eigenvalue weighted by molar-refractivity contribution is -0.151. The summed E-state index contributed by atoms with van der Waals surface area (Å²) in [5.74, 6) is -1.27. The van der Waals surface area contributed by atoms with Crippen LogP contribution in [0.4, 0.5) is 0 Å². The van der Waals surface area contributed by atoms with Gasteiger partial charge in [0.1, 0.15) is 0 Å². The summed E-state index contributed by atoms with van der Waals surface area (Å²) in [4.78, 5) is 34.8. The van der Waals surface area contributed by atoms with Crippen molar-refractivity contribution >= 4 is 17.8 Å². The number of carboxylic acids is 1. The molecule has 0 aliphatic heterocycles. The maximum atomic E-state index is 11.9. The van der Waals surface area contributed by atoms with Gasteiger partial charge in [0.05, 0.1) is 5.41 Å². The van der Waals surface area contributed by atoms with Crippen molar-refractivity contribution in [2.75, 3.05) is 6.54 Å². The van der Waals surface area contributed by atoms with Gasteiger partial charge in [0.2, 0.25) is 11.8 Å². The SMILES string of the molecule is CCC(C)NC(=O)CCNC(=O)CC1(C(=O)O)CCCC1. The lowest BCUT2D eigenvalue weighted by Gasteiger charge is -2.22. The van der Waals surface area contributed by atoms with Crippen molar-refractivity contribution in [1.82, 2.24) is 10.6 Å². The van der Waals surface area contributed by atoms with Gasteiger partial charge in [-0.1, -0.05) is 19.8 Å². The Morgan fingerprint density at radius 1 is 1.19 bits per heavy atom. The van der Waals surface area contributed by atoms with E-state index in [9.17, 15) is 19.5 Å². The predicted molar refractivity (Wildman–Crippen MR) is 78.7 cm³/mol. The normalized spacial score (nSPS) is 18.0. The van der Waals surface area contributed by atoms with E-state index >= 15 is 0 Å². The van der Waals surface area contributed by atoms with Crippen LogP contribution in [0.3, 0.4) is 0 Å². The Hall–Kier alpha value is -1.59. The first kappa shape index (κ1) is 17.5. The third-order valence-corrected chi connectivity index (χ3v) is 4.21. The van der Waals surface area contributed by atoms with Crippen LogP contribution in [0, 0.1) is 5.41 Å². The number of carboxylic acid groups (broad SMARTS) is 1. The van der Waals surface area contributed by atoms with Crippen LogP contribution < -0.4 is 10.6 Å². The number of nitrogens with one attached hydrogen (secondary N) is 2. The molecule has 1 aliphatic rings. The number of carbonyl (C=O) groups is 3. The molecular weight excluding hydrogens is 272 g/mol. The summed E-state index contributed by atoms with van der Waals surface area (Å²) in [6.45, 7) is 4.16. The zero-order chi connectivity index (χ0) is 15.9. The second-order valence-corrected chi connectivity index (χ2v) is 5.95. The van der Waals surface area contributed by atoms with Crippen LogP contribution in [0.1, 0.15) is 58.8 Å². The van der Waals surface area contributed by atoms with E-state index in [-0.39, 0.29) is 37.2 Å². The minimum absolute atomic E-state index is 0.00924. The van der Waals surface area contributed by atoms with Crippen LogP contribution in [0.15, 0.2) is 0 Å². The molecule has 1 saturated carbocycles. The molecule has 0 aromatic rings. The summed E-state index contributed by atoms with van der Waals surface area (Å²) in [6, 6.07) is 0.127. The smallest absolute Gasteiger partial charge is 0.310 e. The molecule has 1 unspecified atom stereocenters. The van der Waals surface area contributed by atoms with E-state index < -0.39 is 11.4 Å². The summed E-state index contributed by atoms with van der Waals surface area (Å²) >= 11 is 0. The number of rotatable bonds is 8. The molecule has 21 heavy (non-hydrogen) atoms. The molecule has 0 saturated heterocycles. The van der Waals surface area contributed by atoms with Gasteiger partial charge in [-0.05, 0) is 26.2 Å². The van der Waals surface area contributed by atoms with Crippen molar-refractivity contribution in [2.45, 2.75) is 64.8 Å². The third-order valence-electron chi connectivity index (χ3n) is 4.21. The van der Waals surface area contributed by atoms with E-state index in [1.54, 1.807) is 0 Å². The minimum Gasteiger partial charge on any atom is -0.481 e. The van der Waals surface area contributed by atoms with Gasteiger partial charge in [-0.25, -0.2) is 0 Å². The van der Waals surface area contributed by atoms with E-state index in [1.807, 2.05) is 13.8 Å². The number of amides is 2. The summed E-state index contributed by atoms with van der Waals surface area (Å²) < 4.78 is 0. The number of hydrogen-bond donors (Lipinski definition) is 3. The molecule has 1 fully saturated rings. The van der Waals surface area contributed by atoms with Crippen molar-refractivity contribution in [2.24, 2.45) is 5.41 Å². The highest BCUT2D eigenvalue weighted by Gasteiger charge is 2.42. The highest BCUT2D eigenvalue weighted by atomic mass is 16.4. The molecule has 6 heteroatoms. The van der Waals surface area contributed by atoms with Gasteiger partial charge in [0.25, 0.3) is 0 Å². The van der Waals surface area contributed by atoms with E-state index in [0.29, 0.717) is 12.8 Å². The van der Waals surface area contributed by atoms with Crippen LogP contribution in [-0.4, -0.2) is 35.5 Å². The summed E-state index contributed by atoms with van der Waals surface area (Å²) in [5.41, 5.74) is -0.900. The van der Waals surface area contributed by atoms with Crippen LogP contribution in [0.5, 0.6) is 0 Å². The van der Waals surface area contributed by atoms with Crippen LogP contribution in [-0.2, 0) is 14.4 Å². The predicted octanol–water partition coefficient (Wildman–Crippen LogP) is 1.44. The first-order valence-corrected chi connectivity index (χ1v) is 7.69. The molecule has 1 atom stereocenters. The first-order valence-electron chi connectivity index (χ1n) is 7.69. The highest BCUT2D eigenvalue weighted by molar-refractivity contribution is 5.85. The van der Waals surface area contributed by atoms with Gasteiger partial charge in [0, 0.05) is 25.4 Å². The number of aliphatic carboxylic acids is 1. The van der Waals surface area contributed by atoms with E-state index in [0.717, 1.165) is 19.3 Å². The van der Waals surface area contributed by atoms with E-state index in [1.165, 1.54) is 0 Å². The monoisotopic (exact) mass is 298 g/mol. The maximum Gasteiger partial charge on any atom is 0.310 e. The zero-order valence-corrected chi connectivity index (χ0v) is 12.9. The standard InChI is InChI=1S/C15H26N2O4/c1-3-11(2)17-12(18)6-9-16-13(19)10-15(14(20)21)7-4-5-8-15/h11H,3-10H2,1-2H3,(H,16,19)(H,17,18)(H,20,21). The summed E-state index contributed by atoms with van der Waals surface area (Å²) in [7, 11) is 0. The van der Waals surface area contributed by atoms with Crippen molar-refractivity contribution in [1.29, 1.82) is 0 Å². The number of hydrogen-bond acceptors (Lipinski definition) is 3. The Kier molecular flexibility index (Phi) is 6.65. The Morgan fingerprint density at radius 3 is 2.33 bits per heavy atom. The molecule has 0 heterocycles. The second kappa shape index (κ2) is 8.00. The fraction of sp³-hybridized carbons (Fsp3) is 0.800. The third kappa shape index (κ3) is 5.36. The van der Waals surface area contributed by atoms with Gasteiger partial charge in [-0.3, -0.25) is 14.4 Å². The topological polar surface area (TPSA) is 95.5 Å². The van der Waals surface area contributed by atoms with Crippen molar-refractivity contribution in [3.05, 3.63) is 0 Å². The molecule has 0 aromatic heterocycles. The molecule has 1 aliphatic carbocycles. The molecule has 6 nitrogen and oxygen atoms in total. The van der Waals surface area contributed by atoms with Gasteiger partial charge in [0.15, 0.2) is 0 Å². The molecule has 0 spiro atoms. The average molecular weight is 298 g/mol. The largest absolute Gasteiger partial charge is 0.481 e. The lowest BCUT2D eigenvalue weighted by atomic mass is 9.82. The van der Waals surface area contributed by atoms with Crippen LogP contribution in [0.2, 0.25) is 0 Å². The summed E-state index contributed by atoms with van der Waals surface area (Å²) in [6.07, 6.45) is 3.92. The first-order chi connectivity index (χ1) is 9.89. The lowest BCUT2D eigenvalue weighted by Crippen LogP contribution is -2.38. The van der Waals surface area contributed by atoms with Crippen molar-refractivity contribution < 1.29 is 19.5 Å². The number of carbonyl (C=O) groups excluding carboxylic acids is 2. The van der Waals surface area contributed by atoms with Crippen LogP contribution in [0.25, 0.3) is 0 Å². The van der Waals surface area contributed by atoms with Crippen LogP contribution >= 0.6 is 0 Å². The molecule has 3 N–H and O–H groups in total. The van der Waals surface area contributed by atoms with E-state index in [2.05, 4.69) is 10.6 Å². The molecule has 0 aromatic carbocycles. The Morgan fingerprint density at radius 2 is 1.81 bits per heavy atom. The fourth-order valence-electron chi connectivity index (χ4n) is 2.65. The molecule has 2 amide bonds. The van der Waals surface area contributed by atoms with Crippen molar-refractivity contribution in [3.63, 3.8) is 0 Å². The average Bonchev–Trinajstić information content (AvgIpc) is 2.88. The Balaban J connectivity index is 2.31. The highest BCUT2D eigenvalue weighted by Crippen LogP contribution is 2.41. The molecule has 0 bridgehead atoms. The molecule has 1 rings (SSSR count). The van der Waals surface area contributed by atoms with E-state index in [4.69, 9.17) is 0 Å². The molecular formula is C15H26N2O4. The molecule has 0 radical (unpaired) electrons. The second-order valence-electron chi connectivity index (χ2n) is 5.95. The van der Waals surface area contributed by atoms with Gasteiger partial charge < -0.3 is 15.7 Å². The Labute approximate surface area is 125 Å². The molecule has 120 valence electrons. The fourth-order valence-corrected chi connectivity index (χ4v) is 2.65. The Bertz CT molecular complexity index is 389. The maximum absolute atomic E-state index is 11.9. The minimum atomic E-state index is -0.900. The quantitative estimate of drug-likeness (QED) is 0.632. The van der Waals surface area contributed by atoms with Gasteiger partial charge in [-0.15, -0.1) is 0 Å². The van der Waals surface area contributed by atoms with Gasteiger partial charge >= 0.3 is 5.97 Å².